The average Bonchev–Trinajstić information content (AvgIpc) is 2.36. The van der Waals surface area contributed by atoms with Gasteiger partial charge >= 0.3 is 0 Å². The summed E-state index contributed by atoms with van der Waals surface area (Å²) in [7, 11) is 2.05. The Morgan fingerprint density at radius 1 is 1.40 bits per heavy atom. The SMILES string of the molecule is CN1CCN(C(=O)c2cc(N)c(F)cc2Br)CC1(C)C. The van der Waals surface area contributed by atoms with E-state index in [-0.39, 0.29) is 17.1 Å². The Morgan fingerprint density at radius 3 is 2.65 bits per heavy atom. The van der Waals surface area contributed by atoms with Gasteiger partial charge in [0.1, 0.15) is 5.82 Å². The van der Waals surface area contributed by atoms with Crippen molar-refractivity contribution in [3.63, 3.8) is 0 Å². The second-order valence-corrected chi connectivity index (χ2v) is 6.67. The Hall–Kier alpha value is -1.14. The Labute approximate surface area is 126 Å². The molecular weight excluding hydrogens is 325 g/mol. The fraction of sp³-hybridized carbons (Fsp3) is 0.500. The summed E-state index contributed by atoms with van der Waals surface area (Å²) in [6.07, 6.45) is 0. The Bertz CT molecular complexity index is 547. The van der Waals surface area contributed by atoms with E-state index in [0.717, 1.165) is 6.54 Å². The van der Waals surface area contributed by atoms with Gasteiger partial charge in [0.25, 0.3) is 5.91 Å². The van der Waals surface area contributed by atoms with Crippen LogP contribution < -0.4 is 5.73 Å². The van der Waals surface area contributed by atoms with Crippen molar-refractivity contribution in [1.29, 1.82) is 0 Å². The number of carbonyl (C=O) groups is 1. The van der Waals surface area contributed by atoms with Crippen LogP contribution in [0.4, 0.5) is 10.1 Å². The van der Waals surface area contributed by atoms with Crippen LogP contribution in [0.25, 0.3) is 0 Å². The molecule has 0 atom stereocenters. The number of nitrogens with zero attached hydrogens (tertiary/aromatic N) is 2. The van der Waals surface area contributed by atoms with Crippen molar-refractivity contribution in [1.82, 2.24) is 9.80 Å². The van der Waals surface area contributed by atoms with Gasteiger partial charge in [-0.15, -0.1) is 0 Å². The molecule has 1 aliphatic heterocycles. The van der Waals surface area contributed by atoms with E-state index in [2.05, 4.69) is 34.7 Å². The monoisotopic (exact) mass is 343 g/mol. The number of piperazine rings is 1. The molecule has 4 nitrogen and oxygen atoms in total. The van der Waals surface area contributed by atoms with Gasteiger partial charge in [0.15, 0.2) is 0 Å². The highest BCUT2D eigenvalue weighted by Gasteiger charge is 2.34. The molecule has 1 aromatic carbocycles. The van der Waals surface area contributed by atoms with E-state index in [1.807, 2.05) is 7.05 Å². The Kier molecular flexibility index (Phi) is 4.07. The minimum atomic E-state index is -0.521. The summed E-state index contributed by atoms with van der Waals surface area (Å²) in [5.74, 6) is -0.642. The first-order valence-electron chi connectivity index (χ1n) is 6.47. The lowest BCUT2D eigenvalue weighted by atomic mass is 9.99. The van der Waals surface area contributed by atoms with Crippen LogP contribution in [0.2, 0.25) is 0 Å². The molecule has 2 rings (SSSR count). The van der Waals surface area contributed by atoms with Crippen molar-refractivity contribution in [3.05, 3.63) is 28.0 Å². The molecule has 0 aromatic heterocycles. The molecule has 0 unspecified atom stereocenters. The van der Waals surface area contributed by atoms with E-state index in [0.29, 0.717) is 23.1 Å². The summed E-state index contributed by atoms with van der Waals surface area (Å²) in [6.45, 7) is 6.29. The van der Waals surface area contributed by atoms with Crippen LogP contribution in [0, 0.1) is 5.82 Å². The van der Waals surface area contributed by atoms with Gasteiger partial charge in [0.2, 0.25) is 0 Å². The highest BCUT2D eigenvalue weighted by Crippen LogP contribution is 2.26. The van der Waals surface area contributed by atoms with Crippen molar-refractivity contribution < 1.29 is 9.18 Å². The van der Waals surface area contributed by atoms with Crippen LogP contribution in [-0.4, -0.2) is 47.9 Å². The number of rotatable bonds is 1. The third-order valence-corrected chi connectivity index (χ3v) is 4.58. The van der Waals surface area contributed by atoms with E-state index in [4.69, 9.17) is 5.73 Å². The number of amides is 1. The van der Waals surface area contributed by atoms with Gasteiger partial charge in [-0.05, 0) is 49.0 Å². The number of anilines is 1. The molecule has 0 bridgehead atoms. The first kappa shape index (κ1) is 15.3. The predicted molar refractivity (Wildman–Crippen MR) is 81.1 cm³/mol. The zero-order valence-corrected chi connectivity index (χ0v) is 13.5. The summed E-state index contributed by atoms with van der Waals surface area (Å²) in [4.78, 5) is 16.6. The van der Waals surface area contributed by atoms with Crippen molar-refractivity contribution in [2.45, 2.75) is 19.4 Å². The molecule has 0 spiro atoms. The van der Waals surface area contributed by atoms with Crippen molar-refractivity contribution >= 4 is 27.5 Å². The maximum Gasteiger partial charge on any atom is 0.255 e. The Morgan fingerprint density at radius 2 is 2.05 bits per heavy atom. The largest absolute Gasteiger partial charge is 0.396 e. The zero-order valence-electron chi connectivity index (χ0n) is 11.9. The lowest BCUT2D eigenvalue weighted by molar-refractivity contribution is 0.0311. The molecule has 1 heterocycles. The molecule has 1 aromatic rings. The third kappa shape index (κ3) is 2.81. The van der Waals surface area contributed by atoms with Gasteiger partial charge in [-0.2, -0.15) is 0 Å². The normalized spacial score (nSPS) is 19.1. The number of nitrogen functional groups attached to an aromatic ring is 1. The lowest BCUT2D eigenvalue weighted by Crippen LogP contribution is -2.58. The van der Waals surface area contributed by atoms with Crippen molar-refractivity contribution in [3.8, 4) is 0 Å². The fourth-order valence-corrected chi connectivity index (χ4v) is 2.80. The van der Waals surface area contributed by atoms with E-state index < -0.39 is 5.82 Å². The van der Waals surface area contributed by atoms with Gasteiger partial charge < -0.3 is 10.6 Å². The maximum atomic E-state index is 13.4. The first-order valence-corrected chi connectivity index (χ1v) is 7.27. The van der Waals surface area contributed by atoms with Crippen LogP contribution in [-0.2, 0) is 0 Å². The molecular formula is C14H19BrFN3O. The number of benzene rings is 1. The van der Waals surface area contributed by atoms with E-state index in [1.165, 1.54) is 12.1 Å². The maximum absolute atomic E-state index is 13.4. The first-order chi connectivity index (χ1) is 9.22. The number of halogens is 2. The van der Waals surface area contributed by atoms with Crippen LogP contribution in [0.5, 0.6) is 0 Å². The number of nitrogens with two attached hydrogens (primary N) is 1. The Balaban J connectivity index is 2.26. The van der Waals surface area contributed by atoms with Crippen LogP contribution >= 0.6 is 15.9 Å². The summed E-state index contributed by atoms with van der Waals surface area (Å²) in [5.41, 5.74) is 5.88. The number of hydrogen-bond donors (Lipinski definition) is 1. The third-order valence-electron chi connectivity index (χ3n) is 3.92. The van der Waals surface area contributed by atoms with Crippen molar-refractivity contribution in [2.75, 3.05) is 32.4 Å². The van der Waals surface area contributed by atoms with Gasteiger partial charge in [-0.25, -0.2) is 4.39 Å². The highest BCUT2D eigenvalue weighted by atomic mass is 79.9. The van der Waals surface area contributed by atoms with Crippen molar-refractivity contribution in [2.24, 2.45) is 0 Å². The summed E-state index contributed by atoms with van der Waals surface area (Å²) < 4.78 is 13.8. The molecule has 1 saturated heterocycles. The molecule has 0 saturated carbocycles. The fourth-order valence-electron chi connectivity index (χ4n) is 2.31. The second kappa shape index (κ2) is 5.33. The summed E-state index contributed by atoms with van der Waals surface area (Å²) in [5, 5.41) is 0. The molecule has 1 aliphatic rings. The van der Waals surface area contributed by atoms with Crippen LogP contribution in [0.3, 0.4) is 0 Å². The quantitative estimate of drug-likeness (QED) is 0.796. The molecule has 6 heteroatoms. The predicted octanol–water partition coefficient (Wildman–Crippen LogP) is 2.34. The summed E-state index contributed by atoms with van der Waals surface area (Å²) >= 11 is 3.24. The van der Waals surface area contributed by atoms with Crippen LogP contribution in [0.15, 0.2) is 16.6 Å². The smallest absolute Gasteiger partial charge is 0.255 e. The molecule has 1 amide bonds. The molecule has 2 N–H and O–H groups in total. The number of hydrogen-bond acceptors (Lipinski definition) is 3. The minimum absolute atomic E-state index is 0.00932. The average molecular weight is 344 g/mol. The molecule has 20 heavy (non-hydrogen) atoms. The van der Waals surface area contributed by atoms with E-state index >= 15 is 0 Å². The minimum Gasteiger partial charge on any atom is -0.396 e. The van der Waals surface area contributed by atoms with E-state index in [1.54, 1.807) is 4.90 Å². The van der Waals surface area contributed by atoms with Gasteiger partial charge in [0.05, 0.1) is 11.3 Å². The molecule has 0 aliphatic carbocycles. The number of likely N-dealkylation sites (N-methyl/N-ethyl adjacent to an activating group) is 1. The lowest BCUT2D eigenvalue weighted by Gasteiger charge is -2.45. The van der Waals surface area contributed by atoms with Crippen LogP contribution in [0.1, 0.15) is 24.2 Å². The zero-order chi connectivity index (χ0) is 15.1. The van der Waals surface area contributed by atoms with Gasteiger partial charge in [-0.3, -0.25) is 9.69 Å². The second-order valence-electron chi connectivity index (χ2n) is 5.81. The standard InChI is InChI=1S/C14H19BrFN3O/c1-14(2)8-19(5-4-18(14)3)13(20)9-6-12(17)11(16)7-10(9)15/h6-7H,4-5,8,17H2,1-3H3. The summed E-state index contributed by atoms with van der Waals surface area (Å²) in [6, 6.07) is 2.64. The molecule has 1 fully saturated rings. The number of carbonyl (C=O) groups excluding carboxylic acids is 1. The van der Waals surface area contributed by atoms with Gasteiger partial charge in [-0.1, -0.05) is 0 Å². The molecule has 0 radical (unpaired) electrons. The van der Waals surface area contributed by atoms with Gasteiger partial charge in [0, 0.05) is 29.6 Å². The van der Waals surface area contributed by atoms with E-state index in [9.17, 15) is 9.18 Å². The topological polar surface area (TPSA) is 49.6 Å². The molecule has 110 valence electrons. The highest BCUT2D eigenvalue weighted by molar-refractivity contribution is 9.10.